The number of carbonyl (C=O) groups excluding carboxylic acids is 5. The summed E-state index contributed by atoms with van der Waals surface area (Å²) < 4.78 is 0. The lowest BCUT2D eigenvalue weighted by Crippen LogP contribution is -2.39. The summed E-state index contributed by atoms with van der Waals surface area (Å²) in [5.41, 5.74) is 3.87. The van der Waals surface area contributed by atoms with E-state index >= 15 is 0 Å². The van der Waals surface area contributed by atoms with E-state index in [1.807, 2.05) is 6.08 Å². The van der Waals surface area contributed by atoms with Crippen molar-refractivity contribution in [1.82, 2.24) is 0 Å². The summed E-state index contributed by atoms with van der Waals surface area (Å²) in [6, 6.07) is 11.7. The fourth-order valence-electron chi connectivity index (χ4n) is 6.75. The van der Waals surface area contributed by atoms with E-state index in [2.05, 4.69) is 0 Å². The number of hydrogen-bond donors (Lipinski definition) is 1. The molecule has 0 aromatic heterocycles. The standard InChI is InChI=1S/C32H27NO6/c1-15-5-4-6-21(29(15)36)26-20-11-12-22-27(23(20)14-24-28(26)25(35)13-16(2)30(24)37)32(39)33(31(22)38)19-9-7-18(8-10-19)17(3)34/h4-11,13,22-23,26-27,36H,12,14H2,1-3H3/t22-,23+,26+,27-/m0/s1. The molecular formula is C32H27NO6. The number of nitrogens with zero attached hydrogens (tertiary/aromatic N) is 1. The number of allylic oxidation sites excluding steroid dienone is 6. The second kappa shape index (κ2) is 8.83. The Kier molecular flexibility index (Phi) is 5.64. The number of ketones is 3. The number of carbonyl (C=O) groups is 5. The number of imide groups is 1. The molecule has 7 heteroatoms. The van der Waals surface area contributed by atoms with Crippen LogP contribution in [0.1, 0.15) is 54.1 Å². The van der Waals surface area contributed by atoms with Gasteiger partial charge in [-0.05, 0) is 75.4 Å². The molecule has 0 spiro atoms. The number of aromatic hydroxyl groups is 1. The van der Waals surface area contributed by atoms with Gasteiger partial charge in [0, 0.05) is 33.8 Å². The summed E-state index contributed by atoms with van der Waals surface area (Å²) in [5, 5.41) is 11.1. The van der Waals surface area contributed by atoms with Gasteiger partial charge in [-0.15, -0.1) is 0 Å². The lowest BCUT2D eigenvalue weighted by atomic mass is 9.59. The Bertz CT molecular complexity index is 1610. The van der Waals surface area contributed by atoms with Crippen molar-refractivity contribution in [3.8, 4) is 5.75 Å². The predicted molar refractivity (Wildman–Crippen MR) is 143 cm³/mol. The molecule has 196 valence electrons. The molecule has 1 heterocycles. The molecule has 1 N–H and O–H groups in total. The molecule has 0 unspecified atom stereocenters. The molecule has 2 amide bonds. The lowest BCUT2D eigenvalue weighted by molar-refractivity contribution is -0.123. The van der Waals surface area contributed by atoms with Crippen LogP contribution in [0, 0.1) is 24.7 Å². The fourth-order valence-corrected chi connectivity index (χ4v) is 6.75. The highest BCUT2D eigenvalue weighted by molar-refractivity contribution is 6.25. The van der Waals surface area contributed by atoms with Crippen molar-refractivity contribution >= 4 is 34.9 Å². The number of hydrogen-bond acceptors (Lipinski definition) is 6. The lowest BCUT2D eigenvalue weighted by Gasteiger charge is -2.42. The monoisotopic (exact) mass is 521 g/mol. The SMILES string of the molecule is CC(=O)c1ccc(N2C(=O)[C@H]3[C@H](CC=C4[C@H](c5cccc(C)c5O)C5=C(C[C@H]43)C(=O)C(C)=CC5=O)C2=O)cc1. The number of amides is 2. The van der Waals surface area contributed by atoms with Crippen LogP contribution < -0.4 is 4.90 Å². The van der Waals surface area contributed by atoms with Gasteiger partial charge in [-0.3, -0.25) is 28.9 Å². The topological polar surface area (TPSA) is 109 Å². The number of fused-ring (bicyclic) bond motifs is 3. The van der Waals surface area contributed by atoms with Crippen LogP contribution in [0.3, 0.4) is 0 Å². The highest BCUT2D eigenvalue weighted by atomic mass is 16.3. The van der Waals surface area contributed by atoms with Crippen LogP contribution in [0.5, 0.6) is 5.75 Å². The molecule has 6 rings (SSSR count). The van der Waals surface area contributed by atoms with E-state index in [0.29, 0.717) is 45.5 Å². The highest BCUT2D eigenvalue weighted by Gasteiger charge is 2.56. The van der Waals surface area contributed by atoms with Gasteiger partial charge in [0.25, 0.3) is 0 Å². The molecule has 4 atom stereocenters. The zero-order valence-corrected chi connectivity index (χ0v) is 21.9. The third kappa shape index (κ3) is 3.60. The number of anilines is 1. The third-order valence-corrected chi connectivity index (χ3v) is 8.67. The predicted octanol–water partition coefficient (Wildman–Crippen LogP) is 4.54. The van der Waals surface area contributed by atoms with E-state index in [0.717, 1.165) is 5.57 Å². The first-order valence-corrected chi connectivity index (χ1v) is 13.1. The Morgan fingerprint density at radius 1 is 0.949 bits per heavy atom. The normalized spacial score (nSPS) is 26.2. The molecule has 1 aliphatic heterocycles. The van der Waals surface area contributed by atoms with Gasteiger partial charge in [0.1, 0.15) is 5.75 Å². The molecule has 39 heavy (non-hydrogen) atoms. The zero-order valence-electron chi connectivity index (χ0n) is 21.9. The van der Waals surface area contributed by atoms with Crippen molar-refractivity contribution in [2.75, 3.05) is 4.90 Å². The number of Topliss-reactive ketones (excluding diaryl/α,β-unsaturated/α-hetero) is 2. The second-order valence-electron chi connectivity index (χ2n) is 10.9. The number of rotatable bonds is 3. The Hall–Kier alpha value is -4.39. The number of aryl methyl sites for hydroxylation is 1. The van der Waals surface area contributed by atoms with Gasteiger partial charge in [0.15, 0.2) is 17.3 Å². The van der Waals surface area contributed by atoms with Crippen LogP contribution in [0.4, 0.5) is 5.69 Å². The average Bonchev–Trinajstić information content (AvgIpc) is 3.17. The third-order valence-electron chi connectivity index (χ3n) is 8.67. The van der Waals surface area contributed by atoms with E-state index in [1.165, 1.54) is 17.9 Å². The number of para-hydroxylation sites is 1. The van der Waals surface area contributed by atoms with Gasteiger partial charge >= 0.3 is 0 Å². The van der Waals surface area contributed by atoms with Crippen molar-refractivity contribution in [1.29, 1.82) is 0 Å². The summed E-state index contributed by atoms with van der Waals surface area (Å²) in [6.07, 6.45) is 3.77. The highest BCUT2D eigenvalue weighted by Crippen LogP contribution is 2.56. The van der Waals surface area contributed by atoms with Crippen LogP contribution in [0.25, 0.3) is 0 Å². The maximum Gasteiger partial charge on any atom is 0.238 e. The molecule has 7 nitrogen and oxygen atoms in total. The summed E-state index contributed by atoms with van der Waals surface area (Å²) in [4.78, 5) is 67.1. The van der Waals surface area contributed by atoms with Gasteiger partial charge in [-0.1, -0.05) is 29.8 Å². The summed E-state index contributed by atoms with van der Waals surface area (Å²) in [6.45, 7) is 4.83. The van der Waals surface area contributed by atoms with Crippen LogP contribution in [-0.2, 0) is 19.2 Å². The summed E-state index contributed by atoms with van der Waals surface area (Å²) >= 11 is 0. The van der Waals surface area contributed by atoms with E-state index in [9.17, 15) is 29.1 Å². The first-order chi connectivity index (χ1) is 18.6. The van der Waals surface area contributed by atoms with Gasteiger partial charge in [-0.25, -0.2) is 0 Å². The van der Waals surface area contributed by atoms with E-state index in [4.69, 9.17) is 0 Å². The van der Waals surface area contributed by atoms with Crippen LogP contribution in [0.15, 0.2) is 76.9 Å². The maximum atomic E-state index is 13.9. The van der Waals surface area contributed by atoms with Crippen molar-refractivity contribution in [2.45, 2.75) is 39.5 Å². The van der Waals surface area contributed by atoms with Crippen molar-refractivity contribution in [2.24, 2.45) is 17.8 Å². The molecule has 2 aromatic rings. The van der Waals surface area contributed by atoms with Crippen molar-refractivity contribution < 1.29 is 29.1 Å². The van der Waals surface area contributed by atoms with Gasteiger partial charge in [0.05, 0.1) is 17.5 Å². The smallest absolute Gasteiger partial charge is 0.238 e. The minimum absolute atomic E-state index is 0.0468. The largest absolute Gasteiger partial charge is 0.507 e. The van der Waals surface area contributed by atoms with Crippen LogP contribution in [-0.4, -0.2) is 34.3 Å². The summed E-state index contributed by atoms with van der Waals surface area (Å²) in [5.74, 6) is -3.71. The number of phenols is 1. The Balaban J connectivity index is 1.47. The van der Waals surface area contributed by atoms with E-state index in [-0.39, 0.29) is 41.3 Å². The number of phenolic OH excluding ortho intramolecular Hbond substituents is 1. The Morgan fingerprint density at radius 2 is 1.67 bits per heavy atom. The van der Waals surface area contributed by atoms with Crippen molar-refractivity contribution in [3.63, 3.8) is 0 Å². The zero-order chi connectivity index (χ0) is 27.7. The minimum Gasteiger partial charge on any atom is -0.507 e. The average molecular weight is 522 g/mol. The first kappa shape index (κ1) is 24.9. The molecule has 4 aliphatic rings. The number of benzene rings is 2. The van der Waals surface area contributed by atoms with Gasteiger partial charge in [0.2, 0.25) is 11.8 Å². The second-order valence-corrected chi connectivity index (χ2v) is 10.9. The molecule has 1 fully saturated rings. The maximum absolute atomic E-state index is 13.9. The van der Waals surface area contributed by atoms with Crippen LogP contribution in [0.2, 0.25) is 0 Å². The Morgan fingerprint density at radius 3 is 2.36 bits per heavy atom. The first-order valence-electron chi connectivity index (χ1n) is 13.1. The van der Waals surface area contributed by atoms with E-state index < -0.39 is 23.7 Å². The van der Waals surface area contributed by atoms with Gasteiger partial charge < -0.3 is 5.11 Å². The molecule has 0 radical (unpaired) electrons. The molecule has 2 aromatic carbocycles. The summed E-state index contributed by atoms with van der Waals surface area (Å²) in [7, 11) is 0. The molecule has 1 saturated heterocycles. The minimum atomic E-state index is -0.706. The van der Waals surface area contributed by atoms with Crippen molar-refractivity contribution in [3.05, 3.63) is 93.6 Å². The fraction of sp³-hybridized carbons (Fsp3) is 0.281. The molecule has 3 aliphatic carbocycles. The molecule has 0 bridgehead atoms. The quantitative estimate of drug-likeness (QED) is 0.275. The molecular weight excluding hydrogens is 494 g/mol. The Labute approximate surface area is 225 Å². The van der Waals surface area contributed by atoms with Gasteiger partial charge in [-0.2, -0.15) is 0 Å². The molecule has 0 saturated carbocycles. The van der Waals surface area contributed by atoms with Crippen LogP contribution >= 0.6 is 0 Å². The van der Waals surface area contributed by atoms with E-state index in [1.54, 1.807) is 56.3 Å².